The Morgan fingerprint density at radius 2 is 2.57 bits per heavy atom. The quantitative estimate of drug-likeness (QED) is 0.599. The summed E-state index contributed by atoms with van der Waals surface area (Å²) in [7, 11) is 0. The third kappa shape index (κ3) is 4.26. The molecule has 1 saturated heterocycles. The van der Waals surface area contributed by atoms with Crippen molar-refractivity contribution in [2.75, 3.05) is 26.2 Å². The number of ether oxygens (including phenoxy) is 1. The Bertz CT molecular complexity index is 236. The Hall–Kier alpha value is -1.05. The third-order valence-electron chi connectivity index (χ3n) is 1.97. The molecule has 1 heterocycles. The maximum absolute atomic E-state index is 11.3. The molecule has 1 atom stereocenters. The molecule has 0 radical (unpaired) electrons. The fourth-order valence-corrected chi connectivity index (χ4v) is 1.26. The van der Waals surface area contributed by atoms with Crippen molar-refractivity contribution in [3.63, 3.8) is 0 Å². The molecule has 4 heteroatoms. The molecule has 0 aromatic heterocycles. The van der Waals surface area contributed by atoms with Gasteiger partial charge in [0.15, 0.2) is 0 Å². The van der Waals surface area contributed by atoms with E-state index in [0.717, 1.165) is 13.1 Å². The van der Waals surface area contributed by atoms with Gasteiger partial charge in [-0.1, -0.05) is 5.92 Å². The van der Waals surface area contributed by atoms with Crippen molar-refractivity contribution in [3.05, 3.63) is 0 Å². The van der Waals surface area contributed by atoms with Crippen LogP contribution in [0.1, 0.15) is 13.3 Å². The molecular weight excluding hydrogens is 180 g/mol. The van der Waals surface area contributed by atoms with Crippen LogP contribution in [0, 0.1) is 11.8 Å². The van der Waals surface area contributed by atoms with Gasteiger partial charge in [-0.2, -0.15) is 0 Å². The lowest BCUT2D eigenvalue weighted by Gasteiger charge is -2.22. The molecule has 1 amide bonds. The van der Waals surface area contributed by atoms with Crippen molar-refractivity contribution in [2.45, 2.75) is 19.4 Å². The summed E-state index contributed by atoms with van der Waals surface area (Å²) in [5.41, 5.74) is 0. The molecule has 1 aliphatic heterocycles. The average Bonchev–Trinajstić information content (AvgIpc) is 2.20. The van der Waals surface area contributed by atoms with Gasteiger partial charge in [0.05, 0.1) is 25.7 Å². The van der Waals surface area contributed by atoms with E-state index in [1.165, 1.54) is 0 Å². The molecule has 78 valence electrons. The van der Waals surface area contributed by atoms with Crippen LogP contribution in [0.3, 0.4) is 0 Å². The first-order chi connectivity index (χ1) is 6.83. The SMILES string of the molecule is CC#CCNC(=O)CC1CNCCO1. The van der Waals surface area contributed by atoms with E-state index in [4.69, 9.17) is 4.74 Å². The summed E-state index contributed by atoms with van der Waals surface area (Å²) in [6.45, 7) is 4.49. The molecule has 1 aliphatic rings. The van der Waals surface area contributed by atoms with Gasteiger partial charge in [-0.25, -0.2) is 0 Å². The molecule has 0 spiro atoms. The molecule has 0 aromatic rings. The van der Waals surface area contributed by atoms with E-state index < -0.39 is 0 Å². The zero-order valence-electron chi connectivity index (χ0n) is 8.43. The van der Waals surface area contributed by atoms with Gasteiger partial charge in [-0.05, 0) is 6.92 Å². The number of rotatable bonds is 3. The van der Waals surface area contributed by atoms with Crippen LogP contribution in [0.25, 0.3) is 0 Å². The number of morpholine rings is 1. The molecule has 14 heavy (non-hydrogen) atoms. The minimum absolute atomic E-state index is 0.00134. The van der Waals surface area contributed by atoms with E-state index >= 15 is 0 Å². The van der Waals surface area contributed by atoms with Gasteiger partial charge in [0.25, 0.3) is 0 Å². The van der Waals surface area contributed by atoms with Gasteiger partial charge in [-0.3, -0.25) is 4.79 Å². The van der Waals surface area contributed by atoms with Gasteiger partial charge in [0, 0.05) is 13.1 Å². The Morgan fingerprint density at radius 1 is 1.71 bits per heavy atom. The zero-order chi connectivity index (χ0) is 10.2. The van der Waals surface area contributed by atoms with Crippen LogP contribution < -0.4 is 10.6 Å². The third-order valence-corrected chi connectivity index (χ3v) is 1.97. The van der Waals surface area contributed by atoms with Crippen molar-refractivity contribution >= 4 is 5.91 Å². The van der Waals surface area contributed by atoms with E-state index in [0.29, 0.717) is 19.6 Å². The smallest absolute Gasteiger partial charge is 0.223 e. The Labute approximate surface area is 84.4 Å². The summed E-state index contributed by atoms with van der Waals surface area (Å²) < 4.78 is 5.40. The predicted molar refractivity (Wildman–Crippen MR) is 53.7 cm³/mol. The van der Waals surface area contributed by atoms with Crippen molar-refractivity contribution in [3.8, 4) is 11.8 Å². The Morgan fingerprint density at radius 3 is 3.21 bits per heavy atom. The van der Waals surface area contributed by atoms with Crippen molar-refractivity contribution in [2.24, 2.45) is 0 Å². The summed E-state index contributed by atoms with van der Waals surface area (Å²) in [5.74, 6) is 5.50. The van der Waals surface area contributed by atoms with Crippen LogP contribution in [0.5, 0.6) is 0 Å². The van der Waals surface area contributed by atoms with E-state index in [9.17, 15) is 4.79 Å². The number of carbonyl (C=O) groups is 1. The standard InChI is InChI=1S/C10H16N2O2/c1-2-3-4-12-10(13)7-9-8-11-5-6-14-9/h9,11H,4-8H2,1H3,(H,12,13). The predicted octanol–water partition coefficient (Wildman–Crippen LogP) is -0.496. The number of amides is 1. The van der Waals surface area contributed by atoms with E-state index in [1.54, 1.807) is 6.92 Å². The first-order valence-electron chi connectivity index (χ1n) is 4.81. The molecule has 1 rings (SSSR count). The second-order valence-electron chi connectivity index (χ2n) is 3.10. The molecule has 0 bridgehead atoms. The molecule has 1 unspecified atom stereocenters. The Balaban J connectivity index is 2.14. The topological polar surface area (TPSA) is 50.4 Å². The highest BCUT2D eigenvalue weighted by Crippen LogP contribution is 2.00. The number of nitrogens with one attached hydrogen (secondary N) is 2. The summed E-state index contributed by atoms with van der Waals surface area (Å²) in [4.78, 5) is 11.3. The van der Waals surface area contributed by atoms with Crippen LogP contribution in [0.4, 0.5) is 0 Å². The lowest BCUT2D eigenvalue weighted by molar-refractivity contribution is -0.124. The van der Waals surface area contributed by atoms with Gasteiger partial charge < -0.3 is 15.4 Å². The van der Waals surface area contributed by atoms with Crippen molar-refractivity contribution in [1.29, 1.82) is 0 Å². The fourth-order valence-electron chi connectivity index (χ4n) is 1.26. The van der Waals surface area contributed by atoms with Crippen LogP contribution in [0.15, 0.2) is 0 Å². The van der Waals surface area contributed by atoms with Crippen LogP contribution in [-0.4, -0.2) is 38.3 Å². The molecule has 0 aromatic carbocycles. The summed E-state index contributed by atoms with van der Waals surface area (Å²) in [6.07, 6.45) is 0.427. The average molecular weight is 196 g/mol. The highest BCUT2D eigenvalue weighted by molar-refractivity contribution is 5.76. The summed E-state index contributed by atoms with van der Waals surface area (Å²) >= 11 is 0. The van der Waals surface area contributed by atoms with Crippen molar-refractivity contribution < 1.29 is 9.53 Å². The van der Waals surface area contributed by atoms with Crippen LogP contribution in [-0.2, 0) is 9.53 Å². The fraction of sp³-hybridized carbons (Fsp3) is 0.700. The highest BCUT2D eigenvalue weighted by Gasteiger charge is 2.16. The Kier molecular flexibility index (Phi) is 5.05. The highest BCUT2D eigenvalue weighted by atomic mass is 16.5. The first-order valence-corrected chi connectivity index (χ1v) is 4.81. The molecule has 2 N–H and O–H groups in total. The normalized spacial score (nSPS) is 20.8. The van der Waals surface area contributed by atoms with Gasteiger partial charge in [-0.15, -0.1) is 5.92 Å². The van der Waals surface area contributed by atoms with Crippen molar-refractivity contribution in [1.82, 2.24) is 10.6 Å². The van der Waals surface area contributed by atoms with E-state index in [2.05, 4.69) is 22.5 Å². The second kappa shape index (κ2) is 6.41. The van der Waals surface area contributed by atoms with Gasteiger partial charge in [0.1, 0.15) is 0 Å². The maximum atomic E-state index is 11.3. The van der Waals surface area contributed by atoms with Gasteiger partial charge >= 0.3 is 0 Å². The molecule has 0 saturated carbocycles. The molecule has 0 aliphatic carbocycles. The number of hydrogen-bond donors (Lipinski definition) is 2. The monoisotopic (exact) mass is 196 g/mol. The largest absolute Gasteiger partial charge is 0.375 e. The minimum Gasteiger partial charge on any atom is -0.375 e. The lowest BCUT2D eigenvalue weighted by Crippen LogP contribution is -2.41. The minimum atomic E-state index is 0.00134. The number of hydrogen-bond acceptors (Lipinski definition) is 3. The molecule has 4 nitrogen and oxygen atoms in total. The lowest BCUT2D eigenvalue weighted by atomic mass is 10.2. The second-order valence-corrected chi connectivity index (χ2v) is 3.10. The summed E-state index contributed by atoms with van der Waals surface area (Å²) in [6, 6.07) is 0. The zero-order valence-corrected chi connectivity index (χ0v) is 8.43. The maximum Gasteiger partial charge on any atom is 0.223 e. The molecular formula is C10H16N2O2. The number of carbonyl (C=O) groups excluding carboxylic acids is 1. The van der Waals surface area contributed by atoms with Crippen LogP contribution >= 0.6 is 0 Å². The van der Waals surface area contributed by atoms with E-state index in [1.807, 2.05) is 0 Å². The molecule has 1 fully saturated rings. The van der Waals surface area contributed by atoms with Crippen LogP contribution in [0.2, 0.25) is 0 Å². The van der Waals surface area contributed by atoms with E-state index in [-0.39, 0.29) is 12.0 Å². The van der Waals surface area contributed by atoms with Gasteiger partial charge in [0.2, 0.25) is 5.91 Å². The summed E-state index contributed by atoms with van der Waals surface area (Å²) in [5, 5.41) is 5.89. The first kappa shape index (κ1) is 11.0.